The number of carbonyl (C=O) groups excluding carboxylic acids is 1. The number of carbonyl (C=O) groups is 2. The minimum absolute atomic E-state index is 0.0281. The number of thioether (sulfide) groups is 1. The average molecular weight is 731 g/mol. The zero-order valence-corrected chi connectivity index (χ0v) is 29.6. The van der Waals surface area contributed by atoms with E-state index in [-0.39, 0.29) is 19.6 Å². The van der Waals surface area contributed by atoms with Crippen molar-refractivity contribution in [3.8, 4) is 39.6 Å². The number of hydrogen-bond acceptors (Lipinski definition) is 12. The molecule has 15 heteroatoms. The number of amides is 1. The Morgan fingerprint density at radius 3 is 2.38 bits per heavy atom. The molecule has 5 rings (SSSR count). The van der Waals surface area contributed by atoms with Gasteiger partial charge in [-0.05, 0) is 49.6 Å². The van der Waals surface area contributed by atoms with Crippen molar-refractivity contribution in [2.75, 3.05) is 31.1 Å². The SMILES string of the molecule is C[C@H](NC(=O)[C@@](N)(CN)CCOc1ccc(-c2c(C#N)c(SCc3csc(-c4ccc(Cl)cc4)n3)nc(N3CCCC3)c2C#N)cc1)C(=O)O. The zero-order valence-electron chi connectivity index (χ0n) is 27.2. The molecule has 0 unspecified atom stereocenters. The van der Waals surface area contributed by atoms with Crippen LogP contribution in [0.3, 0.4) is 0 Å². The second kappa shape index (κ2) is 16.3. The Morgan fingerprint density at radius 2 is 1.76 bits per heavy atom. The quantitative estimate of drug-likeness (QED) is 0.124. The third-order valence-corrected chi connectivity index (χ3v) is 10.5. The van der Waals surface area contributed by atoms with Crippen LogP contribution in [0.5, 0.6) is 5.75 Å². The van der Waals surface area contributed by atoms with E-state index in [2.05, 4.69) is 22.4 Å². The van der Waals surface area contributed by atoms with E-state index in [1.807, 2.05) is 29.6 Å². The summed E-state index contributed by atoms with van der Waals surface area (Å²) in [5.74, 6) is -0.378. The summed E-state index contributed by atoms with van der Waals surface area (Å²) >= 11 is 8.98. The molecule has 4 aromatic rings. The zero-order chi connectivity index (χ0) is 35.8. The molecule has 1 aliphatic heterocycles. The number of hydrogen-bond donors (Lipinski definition) is 4. The third-order valence-electron chi connectivity index (χ3n) is 8.27. The molecular formula is C35H35ClN8O4S2. The lowest BCUT2D eigenvalue weighted by molar-refractivity contribution is -0.142. The van der Waals surface area contributed by atoms with Gasteiger partial charge in [0.05, 0.1) is 17.9 Å². The van der Waals surface area contributed by atoms with Crippen LogP contribution in [-0.4, -0.2) is 64.8 Å². The summed E-state index contributed by atoms with van der Waals surface area (Å²) < 4.78 is 5.87. The standard InChI is InChI=1S/C35H35ClN8O4S2/c1-21(33(45)46)41-34(47)35(40,20-39)12-15-48-26-10-6-22(7-11-26)29-27(16-37)30(44-13-2-3-14-44)43-32(28(29)17-38)50-19-25-18-49-31(42-25)23-4-8-24(36)9-5-23/h4-11,18,21H,2-3,12-15,19-20,39-40H2,1H3,(H,41,47)(H,45,46)/t21-,35-/m0/s1. The van der Waals surface area contributed by atoms with Crippen molar-refractivity contribution in [2.45, 2.75) is 48.5 Å². The second-order valence-corrected chi connectivity index (χ2v) is 14.0. The number of anilines is 1. The van der Waals surface area contributed by atoms with E-state index in [4.69, 9.17) is 42.9 Å². The van der Waals surface area contributed by atoms with Crippen LogP contribution in [0.15, 0.2) is 58.9 Å². The lowest BCUT2D eigenvalue weighted by atomic mass is 9.95. The number of aliphatic carboxylic acids is 1. The van der Waals surface area contributed by atoms with Gasteiger partial charge in [0.2, 0.25) is 5.91 Å². The molecule has 0 bridgehead atoms. The Kier molecular flexibility index (Phi) is 12.0. The number of nitrogens with two attached hydrogens (primary N) is 2. The van der Waals surface area contributed by atoms with E-state index < -0.39 is 23.5 Å². The van der Waals surface area contributed by atoms with Crippen molar-refractivity contribution in [1.29, 1.82) is 10.5 Å². The highest BCUT2D eigenvalue weighted by molar-refractivity contribution is 7.98. The maximum atomic E-state index is 12.6. The molecule has 2 aromatic heterocycles. The molecule has 1 aliphatic rings. The molecule has 50 heavy (non-hydrogen) atoms. The molecule has 2 aromatic carbocycles. The van der Waals surface area contributed by atoms with Gasteiger partial charge in [-0.2, -0.15) is 10.5 Å². The maximum absolute atomic E-state index is 12.6. The highest BCUT2D eigenvalue weighted by Gasteiger charge is 2.34. The summed E-state index contributed by atoms with van der Waals surface area (Å²) in [5, 5.41) is 36.3. The number of aromatic nitrogens is 2. The van der Waals surface area contributed by atoms with E-state index in [1.54, 1.807) is 24.3 Å². The third kappa shape index (κ3) is 8.35. The number of nitrogens with zero attached hydrogens (tertiary/aromatic N) is 5. The molecule has 1 saturated heterocycles. The summed E-state index contributed by atoms with van der Waals surface area (Å²) in [7, 11) is 0. The summed E-state index contributed by atoms with van der Waals surface area (Å²) in [5.41, 5.74) is 14.0. The molecule has 3 heterocycles. The number of halogens is 1. The van der Waals surface area contributed by atoms with Gasteiger partial charge in [0.25, 0.3) is 0 Å². The highest BCUT2D eigenvalue weighted by Crippen LogP contribution is 2.40. The Labute approximate surface area is 303 Å². The Hall–Kier alpha value is -4.70. The van der Waals surface area contributed by atoms with Crippen molar-refractivity contribution in [2.24, 2.45) is 11.5 Å². The van der Waals surface area contributed by atoms with Gasteiger partial charge >= 0.3 is 5.97 Å². The number of nitriles is 2. The summed E-state index contributed by atoms with van der Waals surface area (Å²) in [4.78, 5) is 35.5. The Balaban J connectivity index is 1.38. The fourth-order valence-corrected chi connectivity index (χ4v) is 7.26. The van der Waals surface area contributed by atoms with Crippen molar-refractivity contribution in [3.05, 3.63) is 75.8 Å². The first-order chi connectivity index (χ1) is 24.1. The largest absolute Gasteiger partial charge is 0.494 e. The lowest BCUT2D eigenvalue weighted by Crippen LogP contribution is -2.61. The molecular weight excluding hydrogens is 696 g/mol. The molecule has 1 fully saturated rings. The van der Waals surface area contributed by atoms with E-state index in [9.17, 15) is 20.1 Å². The van der Waals surface area contributed by atoms with E-state index in [0.717, 1.165) is 42.2 Å². The van der Waals surface area contributed by atoms with Crippen molar-refractivity contribution in [1.82, 2.24) is 15.3 Å². The smallest absolute Gasteiger partial charge is 0.325 e. The number of ether oxygens (including phenoxy) is 1. The molecule has 1 amide bonds. The number of nitrogens with one attached hydrogen (secondary N) is 1. The van der Waals surface area contributed by atoms with E-state index >= 15 is 0 Å². The lowest BCUT2D eigenvalue weighted by Gasteiger charge is -2.27. The van der Waals surface area contributed by atoms with Crippen LogP contribution in [0.25, 0.3) is 21.7 Å². The molecule has 2 atom stereocenters. The predicted octanol–water partition coefficient (Wildman–Crippen LogP) is 5.18. The van der Waals surface area contributed by atoms with Crippen LogP contribution in [0.1, 0.15) is 43.0 Å². The van der Waals surface area contributed by atoms with Crippen LogP contribution < -0.4 is 26.4 Å². The fourth-order valence-electron chi connectivity index (χ4n) is 5.33. The van der Waals surface area contributed by atoms with Crippen LogP contribution in [0.2, 0.25) is 5.02 Å². The maximum Gasteiger partial charge on any atom is 0.325 e. The number of rotatable bonds is 14. The van der Waals surface area contributed by atoms with Crippen molar-refractivity contribution < 1.29 is 19.4 Å². The molecule has 0 aliphatic carbocycles. The number of thiazole rings is 1. The van der Waals surface area contributed by atoms with Gasteiger partial charge in [0.1, 0.15) is 50.9 Å². The van der Waals surface area contributed by atoms with Crippen LogP contribution in [-0.2, 0) is 15.3 Å². The predicted molar refractivity (Wildman–Crippen MR) is 194 cm³/mol. The molecule has 0 saturated carbocycles. The van der Waals surface area contributed by atoms with Gasteiger partial charge in [-0.3, -0.25) is 9.59 Å². The fraction of sp³-hybridized carbons (Fsp3) is 0.314. The minimum atomic E-state index is -1.53. The number of carboxylic acid groups (broad SMARTS) is 1. The average Bonchev–Trinajstić information content (AvgIpc) is 3.84. The summed E-state index contributed by atoms with van der Waals surface area (Å²) in [6, 6.07) is 18.0. The van der Waals surface area contributed by atoms with Gasteiger partial charge in [0, 0.05) is 53.3 Å². The first kappa shape index (κ1) is 36.6. The van der Waals surface area contributed by atoms with Crippen molar-refractivity contribution in [3.63, 3.8) is 0 Å². The van der Waals surface area contributed by atoms with Gasteiger partial charge in [-0.25, -0.2) is 9.97 Å². The number of benzene rings is 2. The topological polar surface area (TPSA) is 204 Å². The van der Waals surface area contributed by atoms with Crippen molar-refractivity contribution >= 4 is 52.4 Å². The molecule has 0 radical (unpaired) electrons. The van der Waals surface area contributed by atoms with Crippen LogP contribution in [0.4, 0.5) is 5.82 Å². The normalized spacial score (nSPS) is 14.3. The highest BCUT2D eigenvalue weighted by atomic mass is 35.5. The van der Waals surface area contributed by atoms with E-state index in [1.165, 1.54) is 30.0 Å². The number of carboxylic acids is 1. The van der Waals surface area contributed by atoms with Gasteiger partial charge < -0.3 is 31.5 Å². The van der Waals surface area contributed by atoms with Gasteiger partial charge in [-0.1, -0.05) is 47.6 Å². The summed E-state index contributed by atoms with van der Waals surface area (Å²) in [6.07, 6.45) is 2.00. The second-order valence-electron chi connectivity index (χ2n) is 11.7. The summed E-state index contributed by atoms with van der Waals surface area (Å²) in [6.45, 7) is 2.68. The van der Waals surface area contributed by atoms with Crippen LogP contribution in [0, 0.1) is 22.7 Å². The molecule has 258 valence electrons. The van der Waals surface area contributed by atoms with Gasteiger partial charge in [0.15, 0.2) is 0 Å². The Morgan fingerprint density at radius 1 is 1.10 bits per heavy atom. The first-order valence-corrected chi connectivity index (χ1v) is 18.0. The van der Waals surface area contributed by atoms with Gasteiger partial charge in [-0.15, -0.1) is 11.3 Å². The molecule has 6 N–H and O–H groups in total. The minimum Gasteiger partial charge on any atom is -0.494 e. The number of pyridine rings is 1. The molecule has 0 spiro atoms. The monoisotopic (exact) mass is 730 g/mol. The first-order valence-electron chi connectivity index (χ1n) is 15.8. The van der Waals surface area contributed by atoms with E-state index in [0.29, 0.717) is 49.6 Å². The Bertz CT molecular complexity index is 1940. The van der Waals surface area contributed by atoms with Crippen LogP contribution >= 0.6 is 34.7 Å². The molecule has 12 nitrogen and oxygen atoms in total.